The molecule has 1 heterocycles. The molecule has 8 heteroatoms. The molecule has 2 aromatic rings. The van der Waals surface area contributed by atoms with Gasteiger partial charge in [0.1, 0.15) is 9.96 Å². The number of thiophene rings is 1. The topological polar surface area (TPSA) is 75.6 Å². The molecule has 0 unspecified atom stereocenters. The van der Waals surface area contributed by atoms with Crippen molar-refractivity contribution in [2.45, 2.75) is 10.8 Å². The lowest BCUT2D eigenvalue weighted by Gasteiger charge is -2.09. The molecule has 20 heavy (non-hydrogen) atoms. The summed E-state index contributed by atoms with van der Waals surface area (Å²) in [6.45, 7) is -0.194. The molecule has 0 saturated heterocycles. The van der Waals surface area contributed by atoms with E-state index in [-0.39, 0.29) is 10.8 Å². The monoisotopic (exact) mass is 333 g/mol. The molecule has 0 radical (unpaired) electrons. The number of rotatable bonds is 5. The third kappa shape index (κ3) is 3.24. The van der Waals surface area contributed by atoms with Crippen molar-refractivity contribution >= 4 is 38.6 Å². The maximum atomic E-state index is 12.2. The Kier molecular flexibility index (Phi) is 4.54. The van der Waals surface area contributed by atoms with E-state index >= 15 is 0 Å². The first-order chi connectivity index (χ1) is 9.46. The number of anilines is 1. The lowest BCUT2D eigenvalue weighted by molar-refractivity contribution is 0.282. The minimum atomic E-state index is -3.68. The smallest absolute Gasteiger partial charge is 0.271 e. The van der Waals surface area contributed by atoms with Crippen LogP contribution in [0.3, 0.4) is 0 Å². The van der Waals surface area contributed by atoms with Gasteiger partial charge in [-0.15, -0.1) is 11.3 Å². The zero-order valence-corrected chi connectivity index (χ0v) is 12.8. The van der Waals surface area contributed by atoms with Crippen LogP contribution in [-0.4, -0.2) is 20.6 Å². The van der Waals surface area contributed by atoms with Gasteiger partial charge in [0.2, 0.25) is 0 Å². The van der Waals surface area contributed by atoms with Crippen LogP contribution in [0.1, 0.15) is 5.56 Å². The van der Waals surface area contributed by atoms with Crippen molar-refractivity contribution in [3.63, 3.8) is 0 Å². The predicted molar refractivity (Wildman–Crippen MR) is 79.1 cm³/mol. The average Bonchev–Trinajstić information content (AvgIpc) is 2.90. The first kappa shape index (κ1) is 15.1. The van der Waals surface area contributed by atoms with E-state index < -0.39 is 10.0 Å². The van der Waals surface area contributed by atoms with Crippen LogP contribution in [-0.2, 0) is 16.6 Å². The Bertz CT molecular complexity index is 712. The molecule has 5 nitrogen and oxygen atoms in total. The van der Waals surface area contributed by atoms with E-state index in [1.54, 1.807) is 17.5 Å². The van der Waals surface area contributed by atoms with E-state index in [9.17, 15) is 8.42 Å². The lowest BCUT2D eigenvalue weighted by atomic mass is 10.3. The second-order valence-corrected chi connectivity index (χ2v) is 7.11. The average molecular weight is 334 g/mol. The number of halogens is 1. The van der Waals surface area contributed by atoms with E-state index in [1.165, 1.54) is 19.2 Å². The van der Waals surface area contributed by atoms with Crippen molar-refractivity contribution in [3.05, 3.63) is 40.2 Å². The van der Waals surface area contributed by atoms with Crippen LogP contribution >= 0.6 is 22.9 Å². The van der Waals surface area contributed by atoms with E-state index in [0.717, 1.165) is 11.3 Å². The number of aliphatic hydroxyl groups excluding tert-OH is 1. The van der Waals surface area contributed by atoms with Crippen LogP contribution in [0.2, 0.25) is 5.02 Å². The maximum Gasteiger partial charge on any atom is 0.271 e. The first-order valence-corrected chi connectivity index (χ1v) is 8.25. The summed E-state index contributed by atoms with van der Waals surface area (Å²) in [4.78, 5) is 0. The van der Waals surface area contributed by atoms with E-state index in [4.69, 9.17) is 21.4 Å². The van der Waals surface area contributed by atoms with Crippen molar-refractivity contribution in [2.24, 2.45) is 0 Å². The summed E-state index contributed by atoms with van der Waals surface area (Å²) in [6.07, 6.45) is 0. The number of methoxy groups -OCH3 is 1. The van der Waals surface area contributed by atoms with Crippen molar-refractivity contribution < 1.29 is 18.3 Å². The van der Waals surface area contributed by atoms with Gasteiger partial charge in [-0.05, 0) is 29.1 Å². The summed E-state index contributed by atoms with van der Waals surface area (Å²) in [5.41, 5.74) is 0.911. The Balaban J connectivity index is 2.28. The standard InChI is InChI=1S/C12H12ClNO4S2/c1-18-11-5-9(2-3-10(11)13)14-20(16,17)12-4-8(6-15)7-19-12/h2-5,7,14-15H,6H2,1H3. The summed E-state index contributed by atoms with van der Waals surface area (Å²) < 4.78 is 31.9. The van der Waals surface area contributed by atoms with Gasteiger partial charge in [0.25, 0.3) is 10.0 Å². The number of sulfonamides is 1. The Labute approximate surface area is 125 Å². The van der Waals surface area contributed by atoms with Gasteiger partial charge in [-0.1, -0.05) is 11.6 Å². The van der Waals surface area contributed by atoms with Gasteiger partial charge < -0.3 is 9.84 Å². The van der Waals surface area contributed by atoms with Crippen molar-refractivity contribution in [1.82, 2.24) is 0 Å². The largest absolute Gasteiger partial charge is 0.495 e. The van der Waals surface area contributed by atoms with Gasteiger partial charge in [-0.3, -0.25) is 4.72 Å². The summed E-state index contributed by atoms with van der Waals surface area (Å²) in [5.74, 6) is 0.383. The van der Waals surface area contributed by atoms with Gasteiger partial charge in [0.15, 0.2) is 0 Å². The molecule has 1 aromatic carbocycles. The fourth-order valence-corrected chi connectivity index (χ4v) is 3.95. The van der Waals surface area contributed by atoms with Crippen LogP contribution in [0.15, 0.2) is 33.9 Å². The highest BCUT2D eigenvalue weighted by Gasteiger charge is 2.17. The molecule has 0 aliphatic heterocycles. The van der Waals surface area contributed by atoms with Gasteiger partial charge in [0.05, 0.1) is 24.4 Å². The molecule has 0 atom stereocenters. The molecular weight excluding hydrogens is 322 g/mol. The van der Waals surface area contributed by atoms with Gasteiger partial charge in [0, 0.05) is 6.07 Å². The summed E-state index contributed by atoms with van der Waals surface area (Å²) >= 11 is 6.92. The molecule has 108 valence electrons. The minimum Gasteiger partial charge on any atom is -0.495 e. The third-order valence-electron chi connectivity index (χ3n) is 2.48. The third-order valence-corrected chi connectivity index (χ3v) is 5.66. The summed E-state index contributed by atoms with van der Waals surface area (Å²) in [7, 11) is -2.23. The Morgan fingerprint density at radius 1 is 1.40 bits per heavy atom. The number of nitrogens with one attached hydrogen (secondary N) is 1. The molecule has 2 rings (SSSR count). The van der Waals surface area contributed by atoms with E-state index in [0.29, 0.717) is 22.0 Å². The number of aliphatic hydroxyl groups is 1. The highest BCUT2D eigenvalue weighted by atomic mass is 35.5. The molecule has 0 spiro atoms. The molecule has 2 N–H and O–H groups in total. The van der Waals surface area contributed by atoms with Crippen LogP contribution in [0.5, 0.6) is 5.75 Å². The normalized spacial score (nSPS) is 11.3. The Hall–Kier alpha value is -1.28. The van der Waals surface area contributed by atoms with Crippen LogP contribution in [0, 0.1) is 0 Å². The molecule has 0 bridgehead atoms. The number of hydrogen-bond acceptors (Lipinski definition) is 5. The Morgan fingerprint density at radius 3 is 2.75 bits per heavy atom. The number of benzene rings is 1. The van der Waals surface area contributed by atoms with Crippen LogP contribution in [0.25, 0.3) is 0 Å². The van der Waals surface area contributed by atoms with Crippen molar-refractivity contribution in [1.29, 1.82) is 0 Å². The highest BCUT2D eigenvalue weighted by Crippen LogP contribution is 2.29. The van der Waals surface area contributed by atoms with E-state index in [1.807, 2.05) is 0 Å². The molecule has 0 aliphatic carbocycles. The second kappa shape index (κ2) is 6.01. The summed E-state index contributed by atoms with van der Waals surface area (Å²) in [5, 5.41) is 11.0. The summed E-state index contributed by atoms with van der Waals surface area (Å²) in [6, 6.07) is 6.02. The van der Waals surface area contributed by atoms with Crippen molar-refractivity contribution in [2.75, 3.05) is 11.8 Å². The molecule has 0 amide bonds. The van der Waals surface area contributed by atoms with Crippen LogP contribution in [0.4, 0.5) is 5.69 Å². The number of hydrogen-bond donors (Lipinski definition) is 2. The van der Waals surface area contributed by atoms with Gasteiger partial charge in [-0.2, -0.15) is 0 Å². The molecule has 0 fully saturated rings. The zero-order chi connectivity index (χ0) is 14.8. The minimum absolute atomic E-state index is 0.135. The molecule has 1 aromatic heterocycles. The van der Waals surface area contributed by atoms with Gasteiger partial charge >= 0.3 is 0 Å². The SMILES string of the molecule is COc1cc(NS(=O)(=O)c2cc(CO)cs2)ccc1Cl. The quantitative estimate of drug-likeness (QED) is 0.882. The van der Waals surface area contributed by atoms with Crippen LogP contribution < -0.4 is 9.46 Å². The fourth-order valence-electron chi connectivity index (χ4n) is 1.51. The lowest BCUT2D eigenvalue weighted by Crippen LogP contribution is -2.11. The first-order valence-electron chi connectivity index (χ1n) is 5.51. The molecule has 0 aliphatic rings. The van der Waals surface area contributed by atoms with Gasteiger partial charge in [-0.25, -0.2) is 8.42 Å². The zero-order valence-electron chi connectivity index (χ0n) is 10.5. The van der Waals surface area contributed by atoms with E-state index in [2.05, 4.69) is 4.72 Å². The predicted octanol–water partition coefficient (Wildman–Crippen LogP) is 2.70. The molecule has 0 saturated carbocycles. The highest BCUT2D eigenvalue weighted by molar-refractivity contribution is 7.94. The maximum absolute atomic E-state index is 12.2. The van der Waals surface area contributed by atoms with Crippen molar-refractivity contribution in [3.8, 4) is 5.75 Å². The number of ether oxygens (including phenoxy) is 1. The second-order valence-electron chi connectivity index (χ2n) is 3.89. The Morgan fingerprint density at radius 2 is 2.15 bits per heavy atom. The fraction of sp³-hybridized carbons (Fsp3) is 0.167. The molecular formula is C12H12ClNO4S2.